The molecule has 0 aromatic heterocycles. The van der Waals surface area contributed by atoms with Crippen molar-refractivity contribution in [2.75, 3.05) is 44.2 Å². The van der Waals surface area contributed by atoms with Gasteiger partial charge in [0.05, 0.1) is 36.9 Å². The Morgan fingerprint density at radius 1 is 1.26 bits per heavy atom. The van der Waals surface area contributed by atoms with Crippen molar-refractivity contribution in [3.05, 3.63) is 29.3 Å². The summed E-state index contributed by atoms with van der Waals surface area (Å²) in [6.07, 6.45) is 0. The molecule has 124 valence electrons. The van der Waals surface area contributed by atoms with E-state index in [0.29, 0.717) is 13.1 Å². The van der Waals surface area contributed by atoms with E-state index in [2.05, 4.69) is 10.2 Å². The molecule has 1 aromatic carbocycles. The monoisotopic (exact) mass is 337 g/mol. The van der Waals surface area contributed by atoms with Crippen molar-refractivity contribution < 1.29 is 14.5 Å². The van der Waals surface area contributed by atoms with Crippen LogP contribution in [0.4, 0.5) is 10.5 Å². The van der Waals surface area contributed by atoms with E-state index in [1.165, 1.54) is 9.80 Å². The average Bonchev–Trinajstić information content (AvgIpc) is 3.00. The van der Waals surface area contributed by atoms with Crippen LogP contribution in [0.15, 0.2) is 24.3 Å². The lowest BCUT2D eigenvalue weighted by atomic mass is 10.2. The quantitative estimate of drug-likeness (QED) is 0.815. The summed E-state index contributed by atoms with van der Waals surface area (Å²) in [7, 11) is 0. The van der Waals surface area contributed by atoms with Gasteiger partial charge in [0.1, 0.15) is 0 Å². The molecule has 2 aliphatic rings. The highest BCUT2D eigenvalue weighted by molar-refractivity contribution is 6.33. The lowest BCUT2D eigenvalue weighted by molar-refractivity contribution is -0.915. The van der Waals surface area contributed by atoms with Crippen molar-refractivity contribution in [1.29, 1.82) is 0 Å². The Kier molecular flexibility index (Phi) is 4.73. The maximum absolute atomic E-state index is 12.5. The minimum Gasteiger partial charge on any atom is -0.359 e. The number of hydrogen-bond acceptors (Lipinski definition) is 3. The molecule has 7 heteroatoms. The summed E-state index contributed by atoms with van der Waals surface area (Å²) in [5, 5.41) is 3.44. The molecule has 0 radical (unpaired) electrons. The van der Waals surface area contributed by atoms with E-state index < -0.39 is 0 Å². The van der Waals surface area contributed by atoms with Crippen molar-refractivity contribution in [2.24, 2.45) is 0 Å². The van der Waals surface area contributed by atoms with Crippen molar-refractivity contribution in [3.63, 3.8) is 0 Å². The van der Waals surface area contributed by atoms with Crippen LogP contribution in [0.25, 0.3) is 0 Å². The van der Waals surface area contributed by atoms with Gasteiger partial charge in [-0.25, -0.2) is 4.79 Å². The molecule has 0 aliphatic carbocycles. The van der Waals surface area contributed by atoms with E-state index in [0.717, 1.165) is 36.9 Å². The molecule has 2 N–H and O–H groups in total. The van der Waals surface area contributed by atoms with Gasteiger partial charge in [0.2, 0.25) is 0 Å². The number of piperazine rings is 1. The van der Waals surface area contributed by atoms with Gasteiger partial charge in [0.15, 0.2) is 6.04 Å². The molecule has 6 nitrogen and oxygen atoms in total. The number of carbonyl (C=O) groups is 2. The molecule has 0 saturated carbocycles. The lowest BCUT2D eigenvalue weighted by Gasteiger charge is -2.36. The standard InChI is InChI=1S/C16H21ClN4O2/c1-12(15(22)21-7-6-18-16(21)23)19-8-10-20(11-9-19)14-5-3-2-4-13(14)17/h2-5,12H,6-11H2,1H3,(H,18,23)/p+1/t12-/m0/s1. The minimum atomic E-state index is -0.268. The second kappa shape index (κ2) is 6.76. The molecule has 2 aliphatic heterocycles. The van der Waals surface area contributed by atoms with Gasteiger partial charge < -0.3 is 15.1 Å². The zero-order valence-corrected chi connectivity index (χ0v) is 14.0. The number of nitrogens with one attached hydrogen (secondary N) is 2. The molecule has 3 rings (SSSR count). The molecule has 0 unspecified atom stereocenters. The van der Waals surface area contributed by atoms with Gasteiger partial charge in [-0.3, -0.25) is 9.69 Å². The van der Waals surface area contributed by atoms with Gasteiger partial charge in [-0.05, 0) is 19.1 Å². The summed E-state index contributed by atoms with van der Waals surface area (Å²) in [6.45, 7) is 6.34. The molecule has 1 atom stereocenters. The highest BCUT2D eigenvalue weighted by Crippen LogP contribution is 2.24. The number of halogens is 1. The topological polar surface area (TPSA) is 57.1 Å². The number of quaternary nitrogens is 1. The predicted octanol–water partition coefficient (Wildman–Crippen LogP) is -0.0148. The van der Waals surface area contributed by atoms with Crippen LogP contribution >= 0.6 is 11.6 Å². The van der Waals surface area contributed by atoms with Crippen molar-refractivity contribution >= 4 is 29.2 Å². The molecule has 2 saturated heterocycles. The summed E-state index contributed by atoms with van der Waals surface area (Å²) < 4.78 is 0. The molecule has 0 bridgehead atoms. The number of urea groups is 1. The maximum Gasteiger partial charge on any atom is 0.324 e. The number of carbonyl (C=O) groups excluding carboxylic acids is 2. The number of nitrogens with zero attached hydrogens (tertiary/aromatic N) is 2. The lowest BCUT2D eigenvalue weighted by Crippen LogP contribution is -3.19. The fourth-order valence-corrected chi connectivity index (χ4v) is 3.52. The first-order valence-electron chi connectivity index (χ1n) is 8.01. The number of imide groups is 1. The van der Waals surface area contributed by atoms with Crippen LogP contribution in [0, 0.1) is 0 Å². The fraction of sp³-hybridized carbons (Fsp3) is 0.500. The number of benzene rings is 1. The van der Waals surface area contributed by atoms with Gasteiger partial charge in [-0.2, -0.15) is 0 Å². The molecular weight excluding hydrogens is 316 g/mol. The van der Waals surface area contributed by atoms with Crippen molar-refractivity contribution in [2.45, 2.75) is 13.0 Å². The Morgan fingerprint density at radius 2 is 1.96 bits per heavy atom. The van der Waals surface area contributed by atoms with Crippen LogP contribution in [-0.4, -0.2) is 62.1 Å². The summed E-state index contributed by atoms with van der Waals surface area (Å²) in [6, 6.07) is 7.36. The highest BCUT2D eigenvalue weighted by atomic mass is 35.5. The Hall–Kier alpha value is -1.79. The van der Waals surface area contributed by atoms with Gasteiger partial charge in [-0.1, -0.05) is 23.7 Å². The fourth-order valence-electron chi connectivity index (χ4n) is 3.27. The first-order valence-corrected chi connectivity index (χ1v) is 8.39. The average molecular weight is 338 g/mol. The Labute approximate surface area is 141 Å². The SMILES string of the molecule is C[C@@H](C(=O)N1CCNC1=O)[NH+]1CCN(c2ccccc2Cl)CC1. The largest absolute Gasteiger partial charge is 0.359 e. The van der Waals surface area contributed by atoms with E-state index in [-0.39, 0.29) is 18.0 Å². The molecule has 0 spiro atoms. The van der Waals surface area contributed by atoms with Crippen LogP contribution in [0.5, 0.6) is 0 Å². The van der Waals surface area contributed by atoms with Gasteiger partial charge >= 0.3 is 6.03 Å². The van der Waals surface area contributed by atoms with Crippen molar-refractivity contribution in [3.8, 4) is 0 Å². The third kappa shape index (κ3) is 3.28. The minimum absolute atomic E-state index is 0.0822. The first kappa shape index (κ1) is 16.1. The number of rotatable bonds is 3. The van der Waals surface area contributed by atoms with Gasteiger partial charge in [-0.15, -0.1) is 0 Å². The molecule has 2 fully saturated rings. The van der Waals surface area contributed by atoms with Crippen LogP contribution in [-0.2, 0) is 4.79 Å². The number of anilines is 1. The van der Waals surface area contributed by atoms with E-state index in [9.17, 15) is 9.59 Å². The number of para-hydroxylation sites is 1. The van der Waals surface area contributed by atoms with Crippen LogP contribution < -0.4 is 15.1 Å². The summed E-state index contributed by atoms with van der Waals surface area (Å²) in [5.74, 6) is -0.0822. The normalized spacial score (nSPS) is 20.5. The van der Waals surface area contributed by atoms with Crippen LogP contribution in [0.1, 0.15) is 6.92 Å². The Balaban J connectivity index is 1.59. The van der Waals surface area contributed by atoms with E-state index in [4.69, 9.17) is 11.6 Å². The van der Waals surface area contributed by atoms with Gasteiger partial charge in [0.25, 0.3) is 5.91 Å². The Bertz CT molecular complexity index is 601. The molecule has 23 heavy (non-hydrogen) atoms. The zero-order chi connectivity index (χ0) is 16.4. The van der Waals surface area contributed by atoms with Crippen LogP contribution in [0.3, 0.4) is 0 Å². The molecule has 2 heterocycles. The third-order valence-corrected chi connectivity index (χ3v) is 5.02. The van der Waals surface area contributed by atoms with Crippen LogP contribution in [0.2, 0.25) is 5.02 Å². The van der Waals surface area contributed by atoms with E-state index in [1.54, 1.807) is 0 Å². The number of amides is 3. The van der Waals surface area contributed by atoms with E-state index >= 15 is 0 Å². The zero-order valence-electron chi connectivity index (χ0n) is 13.2. The van der Waals surface area contributed by atoms with Gasteiger partial charge in [0, 0.05) is 13.1 Å². The first-order chi connectivity index (χ1) is 11.1. The van der Waals surface area contributed by atoms with E-state index in [1.807, 2.05) is 31.2 Å². The third-order valence-electron chi connectivity index (χ3n) is 4.70. The maximum atomic E-state index is 12.5. The van der Waals surface area contributed by atoms with Crippen molar-refractivity contribution in [1.82, 2.24) is 10.2 Å². The predicted molar refractivity (Wildman–Crippen MR) is 88.9 cm³/mol. The number of hydrogen-bond donors (Lipinski definition) is 2. The molecular formula is C16H22ClN4O2+. The second-order valence-electron chi connectivity index (χ2n) is 6.04. The Morgan fingerprint density at radius 3 is 2.57 bits per heavy atom. The molecule has 1 aromatic rings. The summed E-state index contributed by atoms with van der Waals surface area (Å²) >= 11 is 6.26. The highest BCUT2D eigenvalue weighted by Gasteiger charge is 2.36. The summed E-state index contributed by atoms with van der Waals surface area (Å²) in [4.78, 5) is 28.9. The molecule has 3 amide bonds. The smallest absolute Gasteiger partial charge is 0.324 e. The summed E-state index contributed by atoms with van der Waals surface area (Å²) in [5.41, 5.74) is 1.05. The second-order valence-corrected chi connectivity index (χ2v) is 6.45.